The highest BCUT2D eigenvalue weighted by atomic mass is 16.5. The molecule has 5 unspecified atom stereocenters. The molecule has 7 amide bonds. The van der Waals surface area contributed by atoms with Crippen molar-refractivity contribution >= 4 is 59.3 Å². The Hall–Kier alpha value is -11.3. The Balaban J connectivity index is 0.000000538. The molecule has 3 heterocycles. The maximum Gasteiger partial charge on any atom is 0.338 e. The number of carbonyl (C=O) groups excluding carboxylic acids is 9. The summed E-state index contributed by atoms with van der Waals surface area (Å²) in [7, 11) is 8.15. The van der Waals surface area contributed by atoms with Gasteiger partial charge in [-0.2, -0.15) is 0 Å². The number of likely N-dealkylation sites (N-methyl/N-ethyl adjacent to an activating group) is 1. The second-order valence-corrected chi connectivity index (χ2v) is 28.0. The van der Waals surface area contributed by atoms with Crippen molar-refractivity contribution in [2.24, 2.45) is 41.2 Å². The SMILES string of the molecule is CN.CNC(=O)C(C)NC(=O)[C@@H](C)C(/C=C/C(C)=C/[C@H](C)[C@H](Cc1ccccc1)OC)NC(C)=O.CO[C@@H](Cc1ccccc1)[C@@H](C)/C=C(C)/C=C/C(NC(C)=O)[C@H](C)C(=O)NC(C)C(=O)n1ccnc1.CO[C@@H](Cc1ccccc1)[C@@H](C)/C=C(C)/C=C/C(NC(C)=O)[C@H](C)C(=O)N[C@H](C)C(=O)O.O=C(n1ccnc1)n1ccnc1. The molecule has 0 fully saturated rings. The van der Waals surface area contributed by atoms with Crippen molar-refractivity contribution in [3.05, 3.63) is 235 Å². The lowest BCUT2D eigenvalue weighted by Gasteiger charge is -2.23. The van der Waals surface area contributed by atoms with Crippen LogP contribution in [0.3, 0.4) is 0 Å². The summed E-state index contributed by atoms with van der Waals surface area (Å²) in [6, 6.07) is 26.3. The molecular formula is C87H124N14O14. The van der Waals surface area contributed by atoms with E-state index < -0.39 is 65.9 Å². The van der Waals surface area contributed by atoms with Crippen molar-refractivity contribution < 1.29 is 67.3 Å². The molecule has 0 saturated heterocycles. The second kappa shape index (κ2) is 54.4. The van der Waals surface area contributed by atoms with Crippen LogP contribution in [-0.4, -0.2) is 183 Å². The third-order valence-corrected chi connectivity index (χ3v) is 18.4. The summed E-state index contributed by atoms with van der Waals surface area (Å²) in [5.41, 5.74) is 11.1. The number of imidazole rings is 3. The molecule has 28 heteroatoms. The average molecular weight is 1590 g/mol. The minimum absolute atomic E-state index is 0.00843. The van der Waals surface area contributed by atoms with E-state index in [0.29, 0.717) is 0 Å². The van der Waals surface area contributed by atoms with Crippen LogP contribution in [0.1, 0.15) is 125 Å². The fourth-order valence-corrected chi connectivity index (χ4v) is 11.6. The minimum Gasteiger partial charge on any atom is -0.480 e. The second-order valence-electron chi connectivity index (χ2n) is 28.0. The number of allylic oxidation sites excluding steroid dienone is 6. The van der Waals surface area contributed by atoms with Crippen LogP contribution in [0.5, 0.6) is 0 Å². The van der Waals surface area contributed by atoms with Crippen LogP contribution in [0.4, 0.5) is 4.79 Å². The van der Waals surface area contributed by atoms with Gasteiger partial charge in [0, 0.05) is 104 Å². The number of carboxylic acids is 1. The van der Waals surface area contributed by atoms with Crippen molar-refractivity contribution in [2.75, 3.05) is 35.4 Å². The van der Waals surface area contributed by atoms with Crippen LogP contribution in [-0.2, 0) is 71.8 Å². The molecule has 115 heavy (non-hydrogen) atoms. The highest BCUT2D eigenvalue weighted by Crippen LogP contribution is 2.22. The zero-order valence-electron chi connectivity index (χ0n) is 70.3. The van der Waals surface area contributed by atoms with Crippen LogP contribution in [0.2, 0.25) is 0 Å². The van der Waals surface area contributed by atoms with E-state index in [2.05, 4.69) is 133 Å². The van der Waals surface area contributed by atoms with Gasteiger partial charge in [-0.25, -0.2) is 19.7 Å². The minimum atomic E-state index is -1.12. The largest absolute Gasteiger partial charge is 0.480 e. The molecule has 6 aromatic rings. The van der Waals surface area contributed by atoms with Gasteiger partial charge in [0.25, 0.3) is 5.91 Å². The number of amides is 7. The number of aromatic nitrogens is 6. The number of methoxy groups -OCH3 is 3. The van der Waals surface area contributed by atoms with Gasteiger partial charge in [0.05, 0.1) is 54.2 Å². The Morgan fingerprint density at radius 3 is 0.939 bits per heavy atom. The first-order valence-corrected chi connectivity index (χ1v) is 38.2. The average Bonchev–Trinajstić information content (AvgIpc) is 1.79. The van der Waals surface area contributed by atoms with Gasteiger partial charge in [0.15, 0.2) is 0 Å². The van der Waals surface area contributed by atoms with Crippen LogP contribution in [0.15, 0.2) is 219 Å². The highest BCUT2D eigenvalue weighted by Gasteiger charge is 2.30. The third-order valence-electron chi connectivity index (χ3n) is 18.4. The van der Waals surface area contributed by atoms with E-state index in [1.807, 2.05) is 106 Å². The van der Waals surface area contributed by atoms with E-state index in [1.54, 1.807) is 86.8 Å². The van der Waals surface area contributed by atoms with Crippen LogP contribution >= 0.6 is 0 Å². The lowest BCUT2D eigenvalue weighted by atomic mass is 9.94. The maximum atomic E-state index is 12.9. The predicted octanol–water partition coefficient (Wildman–Crippen LogP) is 9.62. The van der Waals surface area contributed by atoms with Gasteiger partial charge in [-0.1, -0.05) is 204 Å². The van der Waals surface area contributed by atoms with E-state index in [-0.39, 0.29) is 83.4 Å². The van der Waals surface area contributed by atoms with Crippen molar-refractivity contribution in [1.82, 2.24) is 65.9 Å². The topological polar surface area (TPSA) is 382 Å². The Kier molecular flexibility index (Phi) is 47.2. The molecule has 3 aromatic carbocycles. The standard InChI is InChI=1S/C28H38N4O4.C26H39N3O4.C25H36N2O5.C7H6N4O.CH5N/c1-19(16-20(2)26(36-6)17-24-10-8-7-9-11-24)12-13-25(31-23(5)33)21(3)27(34)30-22(4)28(35)32-15-14-29-18-32;1-17(15-18(2)24(33-7)16-22-11-9-8-10-12-22)13-14-23(29-21(5)30)19(3)25(31)28-20(4)26(32)27-6;1-16(14-17(2)23(32-6)15-21-10-8-7-9-11-21)12-13-22(27-20(5)28)18(3)24(29)26-19(4)25(30)31;12-7(10-3-1-8-5-10)11-4-2-9-6-11;1-2/h7-16,18,20-22,25-26H,17H2,1-6H3,(H,30,34)(H,31,33);8-15,18-20,23-24H,16H2,1-7H3,(H,27,32)(H,28,31)(H,29,30);7-14,17-19,22-23H,15H2,1-6H3,(H,26,29)(H,27,28)(H,30,31);1-6H;2H2,1H3/b13-12+,19-16+;14-13+,17-15+;13-12+,16-14+;;/t20-,21-,22?,25?,26-;18-,19-,20?,23?,24-;17-,18-,19+,22?,23-;;/m000../s1. The Morgan fingerprint density at radius 1 is 0.409 bits per heavy atom. The van der Waals surface area contributed by atoms with Gasteiger partial charge in [0.1, 0.15) is 37.1 Å². The van der Waals surface area contributed by atoms with Gasteiger partial charge in [-0.15, -0.1) is 0 Å². The summed E-state index contributed by atoms with van der Waals surface area (Å²) in [5, 5.41) is 27.8. The molecule has 0 bridgehead atoms. The molecule has 0 aliphatic carbocycles. The van der Waals surface area contributed by atoms with Crippen molar-refractivity contribution in [2.45, 2.75) is 178 Å². The van der Waals surface area contributed by atoms with Crippen molar-refractivity contribution in [1.29, 1.82) is 0 Å². The number of hydrogen-bond donors (Lipinski definition) is 9. The van der Waals surface area contributed by atoms with Crippen LogP contribution < -0.4 is 43.0 Å². The van der Waals surface area contributed by atoms with E-state index in [1.165, 1.54) is 104 Å². The predicted molar refractivity (Wildman–Crippen MR) is 447 cm³/mol. The van der Waals surface area contributed by atoms with E-state index in [0.717, 1.165) is 36.0 Å². The summed E-state index contributed by atoms with van der Waals surface area (Å²) in [5.74, 6) is -4.90. The fraction of sp³-hybridized carbons (Fsp3) is 0.437. The number of carboxylic acid groups (broad SMARTS) is 1. The Morgan fingerprint density at radius 2 is 0.687 bits per heavy atom. The zero-order chi connectivity index (χ0) is 86.3. The van der Waals surface area contributed by atoms with Gasteiger partial charge in [-0.3, -0.25) is 56.9 Å². The first kappa shape index (κ1) is 99.7. The normalized spacial score (nSPS) is 15.5. The summed E-state index contributed by atoms with van der Waals surface area (Å²) in [6.07, 6.45) is 33.4. The van der Waals surface area contributed by atoms with E-state index in [9.17, 15) is 47.9 Å². The molecule has 0 spiro atoms. The molecule has 626 valence electrons. The lowest BCUT2D eigenvalue weighted by Crippen LogP contribution is -2.49. The van der Waals surface area contributed by atoms with Gasteiger partial charge in [-0.05, 0) is 84.5 Å². The molecule has 0 radical (unpaired) electrons. The third kappa shape index (κ3) is 38.4. The summed E-state index contributed by atoms with van der Waals surface area (Å²) in [4.78, 5) is 131. The molecule has 15 atom stereocenters. The molecular weight excluding hydrogens is 1470 g/mol. The van der Waals surface area contributed by atoms with Crippen molar-refractivity contribution in [3.8, 4) is 0 Å². The summed E-state index contributed by atoms with van der Waals surface area (Å²) in [6.45, 7) is 26.1. The smallest absolute Gasteiger partial charge is 0.338 e. The summed E-state index contributed by atoms with van der Waals surface area (Å²) < 4.78 is 21.2. The Bertz CT molecular complexity index is 4050. The van der Waals surface area contributed by atoms with Gasteiger partial charge >= 0.3 is 12.0 Å². The van der Waals surface area contributed by atoms with Gasteiger partial charge in [0.2, 0.25) is 41.4 Å². The number of ether oxygens (including phenoxy) is 3. The maximum absolute atomic E-state index is 12.9. The van der Waals surface area contributed by atoms with Crippen LogP contribution in [0, 0.1) is 35.5 Å². The molecule has 3 aromatic heterocycles. The fourth-order valence-electron chi connectivity index (χ4n) is 11.6. The van der Waals surface area contributed by atoms with Crippen LogP contribution in [0.25, 0.3) is 0 Å². The molecule has 6 rings (SSSR count). The quantitative estimate of drug-likeness (QED) is 0.0165. The molecule has 10 N–H and O–H groups in total. The number of nitrogens with one attached hydrogen (secondary N) is 7. The summed E-state index contributed by atoms with van der Waals surface area (Å²) >= 11 is 0. The van der Waals surface area contributed by atoms with Gasteiger partial charge < -0.3 is 62.3 Å². The first-order valence-electron chi connectivity index (χ1n) is 38.2. The van der Waals surface area contributed by atoms with Crippen molar-refractivity contribution in [3.63, 3.8) is 0 Å². The monoisotopic (exact) mass is 1590 g/mol. The zero-order valence-corrected chi connectivity index (χ0v) is 70.3. The first-order chi connectivity index (χ1) is 54.6. The lowest BCUT2D eigenvalue weighted by molar-refractivity contribution is -0.142. The van der Waals surface area contributed by atoms with E-state index in [4.69, 9.17) is 19.3 Å². The number of benzene rings is 3. The number of aliphatic carboxylic acids is 1. The number of nitrogens with zero attached hydrogens (tertiary/aromatic N) is 6. The molecule has 0 saturated carbocycles. The molecule has 0 aliphatic heterocycles. The number of carbonyl (C=O) groups is 10. The Labute approximate surface area is 678 Å². The number of nitrogens with two attached hydrogens (primary N) is 1. The molecule has 0 aliphatic rings. The molecule has 28 nitrogen and oxygen atoms in total. The number of rotatable bonds is 36. The number of hydrogen-bond acceptors (Lipinski definition) is 17. The highest BCUT2D eigenvalue weighted by molar-refractivity contribution is 5.91. The van der Waals surface area contributed by atoms with E-state index >= 15 is 0 Å².